The smallest absolute Gasteiger partial charge is 0.381 e. The van der Waals surface area contributed by atoms with Gasteiger partial charge < -0.3 is 29.1 Å². The first-order valence-corrected chi connectivity index (χ1v) is 20.8. The molecular weight excluding hydrogens is 524 g/mol. The van der Waals surface area contributed by atoms with Crippen molar-refractivity contribution in [2.45, 2.75) is 84.6 Å². The molecule has 0 aromatic carbocycles. The Morgan fingerprint density at radius 3 is 0.615 bits per heavy atom. The topological polar surface area (TPSA) is 18.5 Å². The van der Waals surface area contributed by atoms with Crippen LogP contribution < -0.4 is 0 Å². The van der Waals surface area contributed by atoms with Gasteiger partial charge in [0.15, 0.2) is 0 Å². The summed E-state index contributed by atoms with van der Waals surface area (Å²) in [6, 6.07) is 0. The van der Waals surface area contributed by atoms with E-state index in [9.17, 15) is 0 Å². The van der Waals surface area contributed by atoms with Gasteiger partial charge in [0.2, 0.25) is 0 Å². The van der Waals surface area contributed by atoms with E-state index in [-0.39, 0.29) is 37.3 Å². The average molecular weight is 573 g/mol. The third-order valence-electron chi connectivity index (χ3n) is 1.65. The Kier molecular flexibility index (Phi) is 27.3. The van der Waals surface area contributed by atoms with Crippen molar-refractivity contribution in [3.05, 3.63) is 19.6 Å². The second-order valence-electron chi connectivity index (χ2n) is 10.3. The minimum atomic E-state index is -0.861. The first-order valence-electron chi connectivity index (χ1n) is 9.72. The summed E-state index contributed by atoms with van der Waals surface area (Å²) in [5.41, 5.74) is 0. The van der Waals surface area contributed by atoms with Gasteiger partial charge in [0.1, 0.15) is 0 Å². The summed E-state index contributed by atoms with van der Waals surface area (Å²) in [6.45, 7) is 35.7. The Balaban J connectivity index is -0.000000115. The predicted octanol–water partition coefficient (Wildman–Crippen LogP) is 6.69. The summed E-state index contributed by atoms with van der Waals surface area (Å²) >= 11 is 0. The second-order valence-corrected chi connectivity index (χ2v) is 25.7. The minimum absolute atomic E-state index is 0. The molecule has 0 unspecified atom stereocenters. The van der Waals surface area contributed by atoms with E-state index in [4.69, 9.17) is 9.47 Å². The van der Waals surface area contributed by atoms with Gasteiger partial charge in [-0.1, -0.05) is 58.9 Å². The molecule has 26 heavy (non-hydrogen) atoms. The molecule has 2 rings (SSSR count). The average Bonchev–Trinajstić information content (AvgIpc) is 3.02. The monoisotopic (exact) mass is 571 g/mol. The Morgan fingerprint density at radius 1 is 0.462 bits per heavy atom. The van der Waals surface area contributed by atoms with E-state index in [1.165, 1.54) is 25.7 Å². The molecule has 0 aromatic rings. The molecule has 0 N–H and O–H groups in total. The van der Waals surface area contributed by atoms with Crippen LogP contribution in [0.25, 0.3) is 0 Å². The van der Waals surface area contributed by atoms with E-state index in [2.05, 4.69) is 78.6 Å². The zero-order chi connectivity index (χ0) is 20.6. The Morgan fingerprint density at radius 2 is 0.577 bits per heavy atom. The van der Waals surface area contributed by atoms with Crippen LogP contribution in [0.1, 0.15) is 25.7 Å². The van der Waals surface area contributed by atoms with Crippen molar-refractivity contribution < 1.29 is 46.8 Å². The normalized spacial score (nSPS) is 16.2. The van der Waals surface area contributed by atoms with Gasteiger partial charge in [-0.05, 0) is 25.7 Å². The van der Waals surface area contributed by atoms with Crippen LogP contribution in [0.2, 0.25) is 58.9 Å². The second kappa shape index (κ2) is 20.1. The van der Waals surface area contributed by atoms with Gasteiger partial charge in [-0.25, -0.2) is 0 Å². The fourth-order valence-electron chi connectivity index (χ4n) is 1.02. The van der Waals surface area contributed by atoms with Crippen molar-refractivity contribution >= 4 is 24.2 Å². The van der Waals surface area contributed by atoms with Crippen molar-refractivity contribution in [2.24, 2.45) is 0 Å². The van der Waals surface area contributed by atoms with E-state index in [1.54, 1.807) is 0 Å². The van der Waals surface area contributed by atoms with Crippen molar-refractivity contribution in [3.63, 3.8) is 0 Å². The Labute approximate surface area is 200 Å². The molecule has 0 atom stereocenters. The molecule has 2 heterocycles. The molecule has 0 bridgehead atoms. The van der Waals surface area contributed by atoms with Gasteiger partial charge in [-0.2, -0.15) is 0 Å². The van der Waals surface area contributed by atoms with E-state index >= 15 is 0 Å². The Hall–Kier alpha value is 1.82. The standard InChI is InChI=1S/2C4H8O.3C4H11Si.Er/c2*1-2-4-5-3-1;3*1-5(2,3)4;/h2*1-4H2;3*1H2,2-4H3;/q;;3*-1;+3. The van der Waals surface area contributed by atoms with Gasteiger partial charge >= 0.3 is 37.3 Å². The number of rotatable bonds is 0. The van der Waals surface area contributed by atoms with Crippen molar-refractivity contribution in [1.82, 2.24) is 0 Å². The maximum atomic E-state index is 4.94. The molecule has 0 aliphatic carbocycles. The zero-order valence-electron chi connectivity index (χ0n) is 19.4. The predicted molar refractivity (Wildman–Crippen MR) is 126 cm³/mol. The zero-order valence-corrected chi connectivity index (χ0v) is 24.2. The van der Waals surface area contributed by atoms with Crippen LogP contribution in [0.15, 0.2) is 0 Å². The minimum Gasteiger partial charge on any atom is -0.381 e. The third-order valence-corrected chi connectivity index (χ3v) is 1.65. The fraction of sp³-hybridized carbons (Fsp3) is 0.850. The molecule has 165 valence electrons. The van der Waals surface area contributed by atoms with Crippen molar-refractivity contribution in [1.29, 1.82) is 0 Å². The molecule has 2 aliphatic heterocycles. The summed E-state index contributed by atoms with van der Waals surface area (Å²) in [5.74, 6) is 0. The van der Waals surface area contributed by atoms with E-state index in [1.807, 2.05) is 0 Å². The van der Waals surface area contributed by atoms with Gasteiger partial charge in [-0.3, -0.25) is 0 Å². The maximum Gasteiger partial charge on any atom is 3.00 e. The van der Waals surface area contributed by atoms with Crippen LogP contribution in [0.5, 0.6) is 0 Å². The van der Waals surface area contributed by atoms with Crippen LogP contribution in [-0.2, 0) is 9.47 Å². The molecule has 2 saturated heterocycles. The van der Waals surface area contributed by atoms with Crippen LogP contribution >= 0.6 is 0 Å². The van der Waals surface area contributed by atoms with Crippen LogP contribution in [0, 0.1) is 56.9 Å². The number of ether oxygens (including phenoxy) is 2. The van der Waals surface area contributed by atoms with Crippen LogP contribution in [0.3, 0.4) is 0 Å². The van der Waals surface area contributed by atoms with Gasteiger partial charge in [0, 0.05) is 26.4 Å². The van der Waals surface area contributed by atoms with Crippen molar-refractivity contribution in [3.8, 4) is 0 Å². The molecule has 0 aromatic heterocycles. The summed E-state index contributed by atoms with van der Waals surface area (Å²) in [4.78, 5) is 0. The first kappa shape index (κ1) is 35.3. The fourth-order valence-corrected chi connectivity index (χ4v) is 1.02. The summed E-state index contributed by atoms with van der Waals surface area (Å²) in [5, 5.41) is 0. The maximum absolute atomic E-state index is 4.94. The summed E-state index contributed by atoms with van der Waals surface area (Å²) in [7, 11) is -2.58. The first-order chi connectivity index (χ1) is 11.0. The molecule has 0 saturated carbocycles. The molecule has 0 amide bonds. The molecule has 2 fully saturated rings. The molecule has 0 spiro atoms. The van der Waals surface area contributed by atoms with Crippen LogP contribution in [-0.4, -0.2) is 50.6 Å². The SMILES string of the molecule is C1CCOC1.C1CCOC1.[CH2-][Si](C)(C)C.[CH2-][Si](C)(C)C.[CH2-][Si](C)(C)C.[Er+3]. The molecular formula is C20H49ErO2Si3. The van der Waals surface area contributed by atoms with E-state index in [0.29, 0.717) is 0 Å². The Bertz CT molecular complexity index is 190. The number of hydrogen-bond donors (Lipinski definition) is 0. The molecule has 6 heteroatoms. The van der Waals surface area contributed by atoms with Crippen molar-refractivity contribution in [2.75, 3.05) is 26.4 Å². The molecule has 1 radical (unpaired) electrons. The summed E-state index contributed by atoms with van der Waals surface area (Å²) in [6.07, 6.45) is 5.11. The molecule has 2 nitrogen and oxygen atoms in total. The van der Waals surface area contributed by atoms with Gasteiger partial charge in [0.25, 0.3) is 0 Å². The quantitative estimate of drug-likeness (QED) is 0.238. The van der Waals surface area contributed by atoms with E-state index in [0.717, 1.165) is 26.4 Å². The third kappa shape index (κ3) is 114. The molecule has 2 aliphatic rings. The van der Waals surface area contributed by atoms with E-state index < -0.39 is 24.2 Å². The van der Waals surface area contributed by atoms with Gasteiger partial charge in [-0.15, -0.1) is 24.2 Å². The number of hydrogen-bond acceptors (Lipinski definition) is 2. The summed E-state index contributed by atoms with van der Waals surface area (Å²) < 4.78 is 9.89. The largest absolute Gasteiger partial charge is 3.00 e. The van der Waals surface area contributed by atoms with Gasteiger partial charge in [0.05, 0.1) is 0 Å². The van der Waals surface area contributed by atoms with Crippen LogP contribution in [0.4, 0.5) is 0 Å².